The largest absolute Gasteiger partial charge is 0.320 e. The Morgan fingerprint density at radius 1 is 0.739 bits per heavy atom. The SMILES string of the molecule is c1ccc(CSC23CC[N+](Cc4ccccc4)(CC2)CC3)cc1. The van der Waals surface area contributed by atoms with Gasteiger partial charge in [0.2, 0.25) is 0 Å². The summed E-state index contributed by atoms with van der Waals surface area (Å²) in [5.41, 5.74) is 2.99. The maximum absolute atomic E-state index is 2.30. The standard InChI is InChI=1S/C21H26NS/c1-3-7-19(8-4-1)17-22-14-11-21(12-15-22,13-16-22)23-18-20-9-5-2-6-10-20/h1-10H,11-18H2/q+1. The summed E-state index contributed by atoms with van der Waals surface area (Å²) in [6, 6.07) is 22.1. The number of fused-ring (bicyclic) bond motifs is 3. The van der Waals surface area contributed by atoms with Crippen LogP contribution in [0, 0.1) is 0 Å². The van der Waals surface area contributed by atoms with E-state index in [0.29, 0.717) is 4.75 Å². The van der Waals surface area contributed by atoms with Crippen molar-refractivity contribution in [2.45, 2.75) is 36.3 Å². The maximum atomic E-state index is 2.30. The van der Waals surface area contributed by atoms with Gasteiger partial charge in [-0.15, -0.1) is 11.8 Å². The van der Waals surface area contributed by atoms with Crippen LogP contribution in [0.25, 0.3) is 0 Å². The van der Waals surface area contributed by atoms with Crippen molar-refractivity contribution in [1.82, 2.24) is 0 Å². The number of nitrogens with zero attached hydrogens (tertiary/aromatic N) is 1. The van der Waals surface area contributed by atoms with Gasteiger partial charge >= 0.3 is 0 Å². The molecule has 0 unspecified atom stereocenters. The molecule has 0 radical (unpaired) electrons. The number of hydrogen-bond acceptors (Lipinski definition) is 1. The third kappa shape index (κ3) is 3.34. The minimum absolute atomic E-state index is 0.562. The number of quaternary nitrogens is 1. The molecule has 5 rings (SSSR count). The van der Waals surface area contributed by atoms with E-state index in [4.69, 9.17) is 0 Å². The van der Waals surface area contributed by atoms with Crippen LogP contribution in [0.1, 0.15) is 30.4 Å². The molecule has 0 amide bonds. The summed E-state index contributed by atoms with van der Waals surface area (Å²) in [6.45, 7) is 5.35. The molecule has 3 aliphatic rings. The predicted molar refractivity (Wildman–Crippen MR) is 99.3 cm³/mol. The fourth-order valence-corrected chi connectivity index (χ4v) is 5.64. The fourth-order valence-electron chi connectivity index (χ4n) is 4.27. The van der Waals surface area contributed by atoms with Gasteiger partial charge in [0.25, 0.3) is 0 Å². The zero-order valence-corrected chi connectivity index (χ0v) is 14.6. The van der Waals surface area contributed by atoms with E-state index >= 15 is 0 Å². The van der Waals surface area contributed by atoms with Crippen molar-refractivity contribution >= 4 is 11.8 Å². The van der Waals surface area contributed by atoms with E-state index in [1.54, 1.807) is 0 Å². The highest BCUT2D eigenvalue weighted by atomic mass is 32.2. The Morgan fingerprint density at radius 2 is 1.26 bits per heavy atom. The maximum Gasteiger partial charge on any atom is 0.104 e. The van der Waals surface area contributed by atoms with Gasteiger partial charge in [0.15, 0.2) is 0 Å². The molecule has 2 bridgehead atoms. The Balaban J connectivity index is 1.38. The Labute approximate surface area is 144 Å². The van der Waals surface area contributed by atoms with Crippen LogP contribution < -0.4 is 0 Å². The molecule has 0 N–H and O–H groups in total. The molecule has 3 aliphatic heterocycles. The van der Waals surface area contributed by atoms with Crippen LogP contribution >= 0.6 is 11.8 Å². The molecule has 2 aromatic carbocycles. The zero-order valence-electron chi connectivity index (χ0n) is 13.8. The second kappa shape index (κ2) is 6.33. The lowest BCUT2D eigenvalue weighted by Crippen LogP contribution is -2.62. The van der Waals surface area contributed by atoms with Crippen LogP contribution in [-0.4, -0.2) is 28.9 Å². The van der Waals surface area contributed by atoms with E-state index in [1.807, 2.05) is 0 Å². The summed E-state index contributed by atoms with van der Waals surface area (Å²) in [5.74, 6) is 1.18. The van der Waals surface area contributed by atoms with E-state index in [9.17, 15) is 0 Å². The third-order valence-corrected chi connectivity index (χ3v) is 7.58. The molecule has 3 fully saturated rings. The van der Waals surface area contributed by atoms with Gasteiger partial charge in [-0.2, -0.15) is 0 Å². The number of hydrogen-bond donors (Lipinski definition) is 0. The van der Waals surface area contributed by atoms with Gasteiger partial charge in [-0.3, -0.25) is 0 Å². The number of benzene rings is 2. The zero-order chi connectivity index (χ0) is 15.6. The Morgan fingerprint density at radius 3 is 1.83 bits per heavy atom. The first-order chi connectivity index (χ1) is 11.3. The van der Waals surface area contributed by atoms with E-state index in [0.717, 1.165) is 0 Å². The van der Waals surface area contributed by atoms with Gasteiger partial charge in [0.05, 0.1) is 19.6 Å². The lowest BCUT2D eigenvalue weighted by Gasteiger charge is -2.54. The molecule has 3 saturated heterocycles. The van der Waals surface area contributed by atoms with E-state index in [2.05, 4.69) is 72.4 Å². The summed E-state index contributed by atoms with van der Waals surface area (Å²) < 4.78 is 1.89. The van der Waals surface area contributed by atoms with Crippen molar-refractivity contribution in [2.75, 3.05) is 19.6 Å². The summed E-state index contributed by atoms with van der Waals surface area (Å²) in [7, 11) is 0. The highest BCUT2D eigenvalue weighted by Crippen LogP contribution is 2.48. The minimum Gasteiger partial charge on any atom is -0.320 e. The van der Waals surface area contributed by atoms with Crippen LogP contribution in [-0.2, 0) is 12.3 Å². The van der Waals surface area contributed by atoms with Crippen molar-refractivity contribution in [1.29, 1.82) is 0 Å². The molecule has 0 spiro atoms. The van der Waals surface area contributed by atoms with Gasteiger partial charge in [0.1, 0.15) is 6.54 Å². The second-order valence-corrected chi connectivity index (χ2v) is 8.81. The number of thioether (sulfide) groups is 1. The van der Waals surface area contributed by atoms with Gasteiger partial charge < -0.3 is 4.48 Å². The first-order valence-electron chi connectivity index (χ1n) is 8.85. The summed E-state index contributed by atoms with van der Waals surface area (Å²) in [6.07, 6.45) is 4.20. The summed E-state index contributed by atoms with van der Waals surface area (Å²) in [5, 5.41) is 0. The van der Waals surface area contributed by atoms with Crippen LogP contribution in [0.3, 0.4) is 0 Å². The van der Waals surface area contributed by atoms with E-state index < -0.39 is 0 Å². The van der Waals surface area contributed by atoms with Gasteiger partial charge in [-0.1, -0.05) is 60.7 Å². The van der Waals surface area contributed by atoms with Gasteiger partial charge in [-0.05, 0) is 5.56 Å². The molecular weight excluding hydrogens is 298 g/mol. The molecular formula is C21H26NS+. The van der Waals surface area contributed by atoms with Crippen molar-refractivity contribution in [3.8, 4) is 0 Å². The highest BCUT2D eigenvalue weighted by molar-refractivity contribution is 7.99. The first-order valence-corrected chi connectivity index (χ1v) is 9.83. The number of rotatable bonds is 5. The molecule has 2 heteroatoms. The van der Waals surface area contributed by atoms with Crippen molar-refractivity contribution in [3.05, 3.63) is 71.8 Å². The van der Waals surface area contributed by atoms with Crippen molar-refractivity contribution in [2.24, 2.45) is 0 Å². The molecule has 0 atom stereocenters. The monoisotopic (exact) mass is 324 g/mol. The molecule has 2 aromatic rings. The molecule has 120 valence electrons. The normalized spacial score (nSPS) is 29.6. The first kappa shape index (κ1) is 15.3. The second-order valence-electron chi connectivity index (χ2n) is 7.36. The fraction of sp³-hybridized carbons (Fsp3) is 0.429. The predicted octanol–water partition coefficient (Wildman–Crippen LogP) is 4.87. The highest BCUT2D eigenvalue weighted by Gasteiger charge is 2.48. The Kier molecular flexibility index (Phi) is 4.21. The Hall–Kier alpha value is -1.25. The summed E-state index contributed by atoms with van der Waals surface area (Å²) in [4.78, 5) is 0. The topological polar surface area (TPSA) is 0 Å². The van der Waals surface area contributed by atoms with Crippen LogP contribution in [0.2, 0.25) is 0 Å². The molecule has 0 saturated carbocycles. The van der Waals surface area contributed by atoms with Gasteiger partial charge in [-0.25, -0.2) is 0 Å². The molecule has 0 aliphatic carbocycles. The smallest absolute Gasteiger partial charge is 0.104 e. The van der Waals surface area contributed by atoms with E-state index in [1.165, 1.54) is 66.8 Å². The quantitative estimate of drug-likeness (QED) is 0.707. The lowest BCUT2D eigenvalue weighted by molar-refractivity contribution is -0.953. The van der Waals surface area contributed by atoms with Crippen molar-refractivity contribution in [3.63, 3.8) is 0 Å². The molecule has 3 heterocycles. The van der Waals surface area contributed by atoms with Crippen molar-refractivity contribution < 1.29 is 4.48 Å². The number of piperidine rings is 3. The van der Waals surface area contributed by atoms with E-state index in [-0.39, 0.29) is 0 Å². The van der Waals surface area contributed by atoms with Gasteiger partial charge in [0, 0.05) is 35.3 Å². The van der Waals surface area contributed by atoms with Crippen LogP contribution in [0.4, 0.5) is 0 Å². The molecule has 23 heavy (non-hydrogen) atoms. The minimum atomic E-state index is 0.562. The van der Waals surface area contributed by atoms with Crippen LogP contribution in [0.5, 0.6) is 0 Å². The average molecular weight is 325 g/mol. The Bertz CT molecular complexity index is 613. The lowest BCUT2D eigenvalue weighted by atomic mass is 9.84. The summed E-state index contributed by atoms with van der Waals surface area (Å²) >= 11 is 2.23. The molecule has 0 aromatic heterocycles. The third-order valence-electron chi connectivity index (χ3n) is 5.87. The van der Waals surface area contributed by atoms with Crippen LogP contribution in [0.15, 0.2) is 60.7 Å². The molecule has 1 nitrogen and oxygen atoms in total. The average Bonchev–Trinajstić information content (AvgIpc) is 2.63.